The van der Waals surface area contributed by atoms with Crippen LogP contribution in [0.5, 0.6) is 0 Å². The van der Waals surface area contributed by atoms with E-state index in [9.17, 15) is 4.79 Å². The molecule has 4 rings (SSSR count). The number of carbonyl (C=O) groups excluding carboxylic acids is 1. The molecule has 0 aromatic carbocycles. The first-order valence-corrected chi connectivity index (χ1v) is 12.8. The van der Waals surface area contributed by atoms with Crippen LogP contribution in [0.1, 0.15) is 120 Å². The molecule has 0 amide bonds. The summed E-state index contributed by atoms with van der Waals surface area (Å²) >= 11 is 0. The van der Waals surface area contributed by atoms with Crippen molar-refractivity contribution >= 4 is 5.78 Å². The van der Waals surface area contributed by atoms with Gasteiger partial charge in [0.15, 0.2) is 0 Å². The molecule has 4 aliphatic carbocycles. The molecule has 0 spiro atoms. The maximum absolute atomic E-state index is 14.5. The zero-order chi connectivity index (χ0) is 22.1. The average molecular weight is 411 g/mol. The summed E-state index contributed by atoms with van der Waals surface area (Å²) < 4.78 is 0. The van der Waals surface area contributed by atoms with E-state index in [2.05, 4.69) is 55.4 Å². The predicted molar refractivity (Wildman–Crippen MR) is 127 cm³/mol. The van der Waals surface area contributed by atoms with Crippen molar-refractivity contribution in [1.82, 2.24) is 0 Å². The summed E-state index contributed by atoms with van der Waals surface area (Å²) in [4.78, 5) is 14.5. The Morgan fingerprint density at radius 2 is 1.07 bits per heavy atom. The highest BCUT2D eigenvalue weighted by Gasteiger charge is 2.55. The third kappa shape index (κ3) is 3.29. The Morgan fingerprint density at radius 1 is 0.700 bits per heavy atom. The summed E-state index contributed by atoms with van der Waals surface area (Å²) in [7, 11) is 0. The van der Waals surface area contributed by atoms with Crippen molar-refractivity contribution in [3.8, 4) is 0 Å². The molecule has 0 radical (unpaired) electrons. The van der Waals surface area contributed by atoms with Crippen LogP contribution in [0.15, 0.2) is 22.3 Å². The first-order valence-electron chi connectivity index (χ1n) is 12.8. The van der Waals surface area contributed by atoms with Gasteiger partial charge in [-0.2, -0.15) is 0 Å². The van der Waals surface area contributed by atoms with Gasteiger partial charge < -0.3 is 0 Å². The minimum Gasteiger partial charge on any atom is -0.298 e. The number of allylic oxidation sites excluding steroid dienone is 4. The van der Waals surface area contributed by atoms with Gasteiger partial charge in [0, 0.05) is 10.8 Å². The van der Waals surface area contributed by atoms with Crippen LogP contribution in [-0.2, 0) is 4.79 Å². The molecule has 4 aliphatic rings. The van der Waals surface area contributed by atoms with Gasteiger partial charge in [0.1, 0.15) is 5.78 Å². The predicted octanol–water partition coefficient (Wildman–Crippen LogP) is 8.44. The lowest BCUT2D eigenvalue weighted by Crippen LogP contribution is -2.51. The van der Waals surface area contributed by atoms with Crippen LogP contribution in [0.25, 0.3) is 0 Å². The fraction of sp³-hybridized carbons (Fsp3) is 0.828. The number of Topliss-reactive ketones (excluding diaryl/α,β-unsaturated/α-hetero) is 1. The van der Waals surface area contributed by atoms with E-state index in [1.54, 1.807) is 22.3 Å². The van der Waals surface area contributed by atoms with Gasteiger partial charge in [0.25, 0.3) is 0 Å². The molecule has 0 aromatic rings. The van der Waals surface area contributed by atoms with Crippen LogP contribution in [0.2, 0.25) is 0 Å². The molecule has 0 fully saturated rings. The monoisotopic (exact) mass is 410 g/mol. The molecule has 0 bridgehead atoms. The van der Waals surface area contributed by atoms with Crippen LogP contribution in [0, 0.1) is 33.5 Å². The fourth-order valence-electron chi connectivity index (χ4n) is 7.76. The molecular weight excluding hydrogens is 364 g/mol. The third-order valence-corrected chi connectivity index (χ3v) is 10.5. The molecule has 1 heteroatoms. The Hall–Kier alpha value is -0.850. The van der Waals surface area contributed by atoms with Crippen LogP contribution in [0.3, 0.4) is 0 Å². The standard InChI is InChI=1S/C29H46O/c1-19-15-21-11-9-13-26(3,4)23(21)17-28(19,7)25(30)29(8)18-24-22(16-20(29)2)12-10-14-27(24,5)6/h19-20H,9-18H2,1-8H3. The van der Waals surface area contributed by atoms with Crippen LogP contribution >= 0.6 is 0 Å². The maximum atomic E-state index is 14.5. The minimum absolute atomic E-state index is 0.215. The lowest BCUT2D eigenvalue weighted by atomic mass is 9.49. The summed E-state index contributed by atoms with van der Waals surface area (Å²) in [6.45, 7) is 19.1. The SMILES string of the molecule is CC1CC2=C(CC1(C)C(=O)C1(C)CC3=C(CCCC3(C)C)CC1C)C(C)(C)CCC2. The van der Waals surface area contributed by atoms with E-state index >= 15 is 0 Å². The van der Waals surface area contributed by atoms with Crippen LogP contribution in [0.4, 0.5) is 0 Å². The molecule has 168 valence electrons. The van der Waals surface area contributed by atoms with Crippen molar-refractivity contribution in [3.63, 3.8) is 0 Å². The van der Waals surface area contributed by atoms with Crippen LogP contribution < -0.4 is 0 Å². The average Bonchev–Trinajstić information content (AvgIpc) is 2.64. The maximum Gasteiger partial charge on any atom is 0.145 e. The third-order valence-electron chi connectivity index (χ3n) is 10.5. The van der Waals surface area contributed by atoms with Gasteiger partial charge in [-0.25, -0.2) is 0 Å². The quantitative estimate of drug-likeness (QED) is 0.417. The molecule has 4 unspecified atom stereocenters. The van der Waals surface area contributed by atoms with E-state index in [4.69, 9.17) is 0 Å². The van der Waals surface area contributed by atoms with Gasteiger partial charge in [-0.05, 0) is 86.9 Å². The van der Waals surface area contributed by atoms with Crippen molar-refractivity contribution in [1.29, 1.82) is 0 Å². The lowest BCUT2D eigenvalue weighted by molar-refractivity contribution is -0.144. The Balaban J connectivity index is 1.70. The number of ketones is 1. The van der Waals surface area contributed by atoms with Crippen molar-refractivity contribution in [2.24, 2.45) is 33.5 Å². The number of rotatable bonds is 2. The van der Waals surface area contributed by atoms with Crippen molar-refractivity contribution in [2.75, 3.05) is 0 Å². The molecule has 0 aliphatic heterocycles. The Bertz CT molecular complexity index is 740. The highest BCUT2D eigenvalue weighted by Crippen LogP contribution is 2.60. The summed E-state index contributed by atoms with van der Waals surface area (Å²) in [5, 5.41) is 0. The first kappa shape index (κ1) is 22.3. The van der Waals surface area contributed by atoms with Gasteiger partial charge in [-0.15, -0.1) is 0 Å². The smallest absolute Gasteiger partial charge is 0.145 e. The van der Waals surface area contributed by atoms with Crippen molar-refractivity contribution in [3.05, 3.63) is 22.3 Å². The molecule has 1 nitrogen and oxygen atoms in total. The normalized spacial score (nSPS) is 40.7. The summed E-state index contributed by atoms with van der Waals surface area (Å²) in [5.41, 5.74) is 6.81. The zero-order valence-corrected chi connectivity index (χ0v) is 21.1. The molecular formula is C29H46O. The van der Waals surface area contributed by atoms with Crippen LogP contribution in [-0.4, -0.2) is 5.78 Å². The highest BCUT2D eigenvalue weighted by molar-refractivity contribution is 5.91. The van der Waals surface area contributed by atoms with E-state index < -0.39 is 0 Å². The summed E-state index contributed by atoms with van der Waals surface area (Å²) in [5.74, 6) is 1.49. The molecule has 0 saturated carbocycles. The van der Waals surface area contributed by atoms with Gasteiger partial charge >= 0.3 is 0 Å². The van der Waals surface area contributed by atoms with Gasteiger partial charge in [0.2, 0.25) is 0 Å². The first-order chi connectivity index (χ1) is 13.8. The number of carbonyl (C=O) groups is 1. The Morgan fingerprint density at radius 3 is 1.43 bits per heavy atom. The largest absolute Gasteiger partial charge is 0.298 e. The van der Waals surface area contributed by atoms with E-state index in [-0.39, 0.29) is 21.7 Å². The van der Waals surface area contributed by atoms with E-state index in [0.717, 1.165) is 25.7 Å². The second-order valence-corrected chi connectivity index (χ2v) is 13.4. The second-order valence-electron chi connectivity index (χ2n) is 13.4. The Labute approximate surface area is 186 Å². The topological polar surface area (TPSA) is 17.1 Å². The number of hydrogen-bond acceptors (Lipinski definition) is 1. The molecule has 30 heavy (non-hydrogen) atoms. The Kier molecular flexibility index (Phi) is 5.27. The minimum atomic E-state index is -0.215. The van der Waals surface area contributed by atoms with E-state index in [1.165, 1.54) is 38.5 Å². The fourth-order valence-corrected chi connectivity index (χ4v) is 7.76. The van der Waals surface area contributed by atoms with E-state index in [0.29, 0.717) is 17.6 Å². The zero-order valence-electron chi connectivity index (χ0n) is 21.1. The molecule has 0 aromatic heterocycles. The van der Waals surface area contributed by atoms with Crippen molar-refractivity contribution in [2.45, 2.75) is 120 Å². The van der Waals surface area contributed by atoms with E-state index in [1.807, 2.05) is 0 Å². The van der Waals surface area contributed by atoms with Crippen molar-refractivity contribution < 1.29 is 4.79 Å². The van der Waals surface area contributed by atoms with Gasteiger partial charge in [-0.1, -0.05) is 77.7 Å². The lowest BCUT2D eigenvalue weighted by Gasteiger charge is -2.53. The number of hydrogen-bond donors (Lipinski definition) is 0. The molecule has 4 atom stereocenters. The molecule has 0 saturated heterocycles. The van der Waals surface area contributed by atoms with Gasteiger partial charge in [0.05, 0.1) is 0 Å². The summed E-state index contributed by atoms with van der Waals surface area (Å²) in [6.07, 6.45) is 12.0. The van der Waals surface area contributed by atoms with Gasteiger partial charge in [-0.3, -0.25) is 4.79 Å². The molecule has 0 heterocycles. The highest BCUT2D eigenvalue weighted by atomic mass is 16.1. The molecule has 0 N–H and O–H groups in total. The second kappa shape index (κ2) is 7.08. The summed E-state index contributed by atoms with van der Waals surface area (Å²) in [6, 6.07) is 0.